The zero-order valence-electron chi connectivity index (χ0n) is 10.2. The van der Waals surface area contributed by atoms with Gasteiger partial charge in [-0.05, 0) is 48.9 Å². The number of Topliss-reactive ketones (excluding diaryl/α,β-unsaturated/α-hetero) is 1. The van der Waals surface area contributed by atoms with Gasteiger partial charge in [0.2, 0.25) is 0 Å². The highest BCUT2D eigenvalue weighted by molar-refractivity contribution is 6.02. The number of hydrogen-bond acceptors (Lipinski definition) is 2. The molecule has 86 valence electrons. The molecule has 2 nitrogen and oxygen atoms in total. The summed E-state index contributed by atoms with van der Waals surface area (Å²) < 4.78 is 5.12. The Labute approximate surface area is 96.6 Å². The average molecular weight is 218 g/mol. The normalized spacial score (nSPS) is 14.3. The van der Waals surface area contributed by atoms with Gasteiger partial charge in [0.25, 0.3) is 0 Å². The first-order chi connectivity index (χ1) is 7.65. The molecule has 1 aromatic rings. The second-order valence-corrected chi connectivity index (χ2v) is 4.50. The van der Waals surface area contributed by atoms with Crippen LogP contribution in [0.25, 0.3) is 0 Å². The van der Waals surface area contributed by atoms with Gasteiger partial charge >= 0.3 is 0 Å². The molecule has 0 atom stereocenters. The lowest BCUT2D eigenvalue weighted by Crippen LogP contribution is -2.05. The number of carbonyl (C=O) groups is 1. The third kappa shape index (κ3) is 1.78. The number of rotatable bonds is 3. The first kappa shape index (κ1) is 11.3. The summed E-state index contributed by atoms with van der Waals surface area (Å²) in [6, 6.07) is 2.18. The van der Waals surface area contributed by atoms with Gasteiger partial charge in [-0.15, -0.1) is 0 Å². The van der Waals surface area contributed by atoms with Crippen LogP contribution < -0.4 is 0 Å². The van der Waals surface area contributed by atoms with Gasteiger partial charge in [-0.1, -0.05) is 6.07 Å². The standard InChI is InChI=1S/C14H18O2/c1-9-8-11-4-5-13(15)14(11)10(2)12(9)6-7-16-3/h8H,4-7H2,1-3H3. The van der Waals surface area contributed by atoms with Gasteiger partial charge in [-0.25, -0.2) is 0 Å². The number of aryl methyl sites for hydroxylation is 2. The Morgan fingerprint density at radius 3 is 2.75 bits per heavy atom. The Hall–Kier alpha value is -1.15. The molecule has 0 unspecified atom stereocenters. The van der Waals surface area contributed by atoms with Crippen LogP contribution in [0.2, 0.25) is 0 Å². The molecule has 0 bridgehead atoms. The van der Waals surface area contributed by atoms with E-state index in [-0.39, 0.29) is 0 Å². The lowest BCUT2D eigenvalue weighted by Gasteiger charge is -2.13. The van der Waals surface area contributed by atoms with Crippen molar-refractivity contribution in [2.24, 2.45) is 0 Å². The van der Waals surface area contributed by atoms with E-state index in [0.29, 0.717) is 18.8 Å². The van der Waals surface area contributed by atoms with Crippen molar-refractivity contribution in [3.8, 4) is 0 Å². The zero-order valence-corrected chi connectivity index (χ0v) is 10.2. The Kier molecular flexibility index (Phi) is 3.10. The van der Waals surface area contributed by atoms with E-state index in [1.807, 2.05) is 0 Å². The van der Waals surface area contributed by atoms with Crippen molar-refractivity contribution in [3.63, 3.8) is 0 Å². The summed E-state index contributed by atoms with van der Waals surface area (Å²) in [6.45, 7) is 4.91. The van der Waals surface area contributed by atoms with E-state index in [1.54, 1.807) is 7.11 Å². The number of ketones is 1. The minimum atomic E-state index is 0.311. The SMILES string of the molecule is COCCc1c(C)cc2c(c1C)C(=O)CC2. The monoisotopic (exact) mass is 218 g/mol. The summed E-state index contributed by atoms with van der Waals surface area (Å²) >= 11 is 0. The van der Waals surface area contributed by atoms with Crippen molar-refractivity contribution in [1.82, 2.24) is 0 Å². The largest absolute Gasteiger partial charge is 0.384 e. The van der Waals surface area contributed by atoms with Gasteiger partial charge < -0.3 is 4.74 Å². The molecule has 0 saturated heterocycles. The van der Waals surface area contributed by atoms with Crippen LogP contribution in [-0.4, -0.2) is 19.5 Å². The van der Waals surface area contributed by atoms with E-state index in [4.69, 9.17) is 4.74 Å². The van der Waals surface area contributed by atoms with Crippen LogP contribution in [0.4, 0.5) is 0 Å². The lowest BCUT2D eigenvalue weighted by molar-refractivity contribution is 0.0994. The summed E-state index contributed by atoms with van der Waals surface area (Å²) in [5.74, 6) is 0.311. The van der Waals surface area contributed by atoms with Gasteiger partial charge in [0.1, 0.15) is 0 Å². The predicted octanol–water partition coefficient (Wildman–Crippen LogP) is 2.62. The maximum Gasteiger partial charge on any atom is 0.163 e. The number of carbonyl (C=O) groups excluding carboxylic acids is 1. The predicted molar refractivity (Wildman–Crippen MR) is 64.1 cm³/mol. The Balaban J connectivity index is 2.46. The Morgan fingerprint density at radius 1 is 1.31 bits per heavy atom. The van der Waals surface area contributed by atoms with Crippen molar-refractivity contribution in [3.05, 3.63) is 33.9 Å². The molecule has 0 radical (unpaired) electrons. The number of benzene rings is 1. The summed E-state index contributed by atoms with van der Waals surface area (Å²) in [7, 11) is 1.71. The molecule has 2 rings (SSSR count). The molecule has 16 heavy (non-hydrogen) atoms. The van der Waals surface area contributed by atoms with Crippen molar-refractivity contribution < 1.29 is 9.53 Å². The highest BCUT2D eigenvalue weighted by Gasteiger charge is 2.23. The molecule has 0 amide bonds. The zero-order chi connectivity index (χ0) is 11.7. The van der Waals surface area contributed by atoms with E-state index in [1.165, 1.54) is 22.3 Å². The van der Waals surface area contributed by atoms with E-state index < -0.39 is 0 Å². The van der Waals surface area contributed by atoms with Crippen molar-refractivity contribution in [1.29, 1.82) is 0 Å². The topological polar surface area (TPSA) is 26.3 Å². The quantitative estimate of drug-likeness (QED) is 0.779. The molecule has 0 saturated carbocycles. The molecule has 0 aromatic heterocycles. The molecular formula is C14H18O2. The third-order valence-electron chi connectivity index (χ3n) is 3.47. The maximum atomic E-state index is 11.8. The maximum absolute atomic E-state index is 11.8. The second kappa shape index (κ2) is 4.38. The van der Waals surface area contributed by atoms with Crippen molar-refractivity contribution in [2.45, 2.75) is 33.1 Å². The number of methoxy groups -OCH3 is 1. The molecule has 0 fully saturated rings. The Morgan fingerprint density at radius 2 is 2.06 bits per heavy atom. The fourth-order valence-corrected chi connectivity index (χ4v) is 2.66. The second-order valence-electron chi connectivity index (χ2n) is 4.50. The molecule has 0 spiro atoms. The first-order valence-electron chi connectivity index (χ1n) is 5.79. The highest BCUT2D eigenvalue weighted by atomic mass is 16.5. The summed E-state index contributed by atoms with van der Waals surface area (Å²) in [4.78, 5) is 11.8. The van der Waals surface area contributed by atoms with E-state index in [2.05, 4.69) is 19.9 Å². The van der Waals surface area contributed by atoms with Crippen LogP contribution >= 0.6 is 0 Å². The molecule has 0 aliphatic heterocycles. The molecule has 0 N–H and O–H groups in total. The van der Waals surface area contributed by atoms with Crippen LogP contribution in [0, 0.1) is 13.8 Å². The van der Waals surface area contributed by atoms with Crippen LogP contribution in [0.15, 0.2) is 6.07 Å². The average Bonchev–Trinajstić information content (AvgIpc) is 2.60. The van der Waals surface area contributed by atoms with Gasteiger partial charge in [0, 0.05) is 19.1 Å². The summed E-state index contributed by atoms with van der Waals surface area (Å²) in [5.41, 5.74) is 5.98. The summed E-state index contributed by atoms with van der Waals surface area (Å²) in [5, 5.41) is 0. The number of hydrogen-bond donors (Lipinski definition) is 0. The van der Waals surface area contributed by atoms with Gasteiger partial charge in [0.15, 0.2) is 5.78 Å². The molecule has 2 heteroatoms. The Bertz CT molecular complexity index is 433. The van der Waals surface area contributed by atoms with Gasteiger partial charge in [0.05, 0.1) is 6.61 Å². The van der Waals surface area contributed by atoms with Crippen molar-refractivity contribution in [2.75, 3.05) is 13.7 Å². The molecule has 0 heterocycles. The van der Waals surface area contributed by atoms with Crippen LogP contribution in [0.5, 0.6) is 0 Å². The smallest absolute Gasteiger partial charge is 0.163 e. The number of fused-ring (bicyclic) bond motifs is 1. The third-order valence-corrected chi connectivity index (χ3v) is 3.47. The lowest BCUT2D eigenvalue weighted by atomic mass is 9.92. The fourth-order valence-electron chi connectivity index (χ4n) is 2.66. The van der Waals surface area contributed by atoms with E-state index in [0.717, 1.165) is 18.4 Å². The fraction of sp³-hybridized carbons (Fsp3) is 0.500. The molecule has 1 aromatic carbocycles. The van der Waals surface area contributed by atoms with Gasteiger partial charge in [-0.3, -0.25) is 4.79 Å². The van der Waals surface area contributed by atoms with Crippen LogP contribution in [0.1, 0.15) is 39.0 Å². The summed E-state index contributed by atoms with van der Waals surface area (Å²) in [6.07, 6.45) is 2.50. The molecule has 1 aliphatic rings. The van der Waals surface area contributed by atoms with Crippen LogP contribution in [0.3, 0.4) is 0 Å². The number of ether oxygens (including phenoxy) is 1. The molecule has 1 aliphatic carbocycles. The minimum Gasteiger partial charge on any atom is -0.384 e. The highest BCUT2D eigenvalue weighted by Crippen LogP contribution is 2.30. The minimum absolute atomic E-state index is 0.311. The van der Waals surface area contributed by atoms with Crippen molar-refractivity contribution >= 4 is 5.78 Å². The van der Waals surface area contributed by atoms with Gasteiger partial charge in [-0.2, -0.15) is 0 Å². The molecular weight excluding hydrogens is 200 g/mol. The first-order valence-corrected chi connectivity index (χ1v) is 5.79. The van der Waals surface area contributed by atoms with E-state index >= 15 is 0 Å². The van der Waals surface area contributed by atoms with E-state index in [9.17, 15) is 4.79 Å². The van der Waals surface area contributed by atoms with Crippen LogP contribution in [-0.2, 0) is 17.6 Å².